The number of hydrogen-bond donors (Lipinski definition) is 0. The van der Waals surface area contributed by atoms with Gasteiger partial charge in [-0.1, -0.05) is 6.07 Å². The van der Waals surface area contributed by atoms with Crippen molar-refractivity contribution >= 4 is 10.1 Å². The zero-order valence-electron chi connectivity index (χ0n) is 12.0. The van der Waals surface area contributed by atoms with Gasteiger partial charge in [0.2, 0.25) is 0 Å². The van der Waals surface area contributed by atoms with Crippen LogP contribution in [0.5, 0.6) is 5.75 Å². The summed E-state index contributed by atoms with van der Waals surface area (Å²) in [6.45, 7) is 0.894. The van der Waals surface area contributed by atoms with E-state index in [2.05, 4.69) is 29.1 Å². The smallest absolute Gasteiger partial charge is 0.485 e. The molecule has 0 aliphatic carbocycles. The molecule has 1 aromatic heterocycles. The first-order valence-corrected chi connectivity index (χ1v) is 7.63. The molecule has 0 saturated carbocycles. The lowest BCUT2D eigenvalue weighted by molar-refractivity contribution is -0.688. The maximum Gasteiger partial charge on any atom is 0.485 e. The van der Waals surface area contributed by atoms with Crippen molar-refractivity contribution in [2.24, 2.45) is 0 Å². The first-order chi connectivity index (χ1) is 10.6. The SMILES string of the molecule is COc1ccc(C[n+]2ccccc2)cc1.O=S(=O)([O-])C(F)(F)F. The average molecular weight is 349 g/mol. The van der Waals surface area contributed by atoms with Gasteiger partial charge in [0.1, 0.15) is 5.75 Å². The van der Waals surface area contributed by atoms with Crippen LogP contribution in [0.1, 0.15) is 5.56 Å². The summed E-state index contributed by atoms with van der Waals surface area (Å²) in [4.78, 5) is 0. The first kappa shape index (κ1) is 18.9. The fourth-order valence-corrected chi connectivity index (χ4v) is 1.48. The lowest BCUT2D eigenvalue weighted by Crippen LogP contribution is -2.32. The van der Waals surface area contributed by atoms with Crippen molar-refractivity contribution in [2.45, 2.75) is 12.1 Å². The van der Waals surface area contributed by atoms with E-state index in [4.69, 9.17) is 17.7 Å². The van der Waals surface area contributed by atoms with Crippen molar-refractivity contribution in [3.63, 3.8) is 0 Å². The third kappa shape index (κ3) is 6.66. The standard InChI is InChI=1S/C13H14NO.CHF3O3S/c1-15-13-7-5-12(6-8-13)11-14-9-3-2-4-10-14;2-1(3,4)8(5,6)7/h2-10H,11H2,1H3;(H,5,6,7)/q+1;/p-1. The summed E-state index contributed by atoms with van der Waals surface area (Å²) in [5.41, 5.74) is -4.38. The minimum Gasteiger partial charge on any atom is -0.741 e. The fraction of sp³-hybridized carbons (Fsp3) is 0.214. The molecule has 0 fully saturated rings. The molecular weight excluding hydrogens is 335 g/mol. The van der Waals surface area contributed by atoms with Crippen LogP contribution >= 0.6 is 0 Å². The Morgan fingerprint density at radius 1 is 1.09 bits per heavy atom. The summed E-state index contributed by atoms with van der Waals surface area (Å²) in [6.07, 6.45) is 4.12. The second-order valence-corrected chi connectivity index (χ2v) is 5.67. The molecule has 23 heavy (non-hydrogen) atoms. The summed E-state index contributed by atoms with van der Waals surface area (Å²) in [7, 11) is -4.41. The van der Waals surface area contributed by atoms with E-state index in [0.29, 0.717) is 0 Å². The summed E-state index contributed by atoms with van der Waals surface area (Å²) in [5.74, 6) is 0.900. The maximum atomic E-state index is 10.7. The monoisotopic (exact) mass is 349 g/mol. The Bertz CT molecular complexity index is 701. The number of halogens is 3. The zero-order chi connectivity index (χ0) is 17.5. The number of alkyl halides is 3. The van der Waals surface area contributed by atoms with Gasteiger partial charge in [0.25, 0.3) is 0 Å². The van der Waals surface area contributed by atoms with Crippen LogP contribution in [-0.4, -0.2) is 25.6 Å². The summed E-state index contributed by atoms with van der Waals surface area (Å²) >= 11 is 0. The van der Waals surface area contributed by atoms with E-state index in [0.717, 1.165) is 12.3 Å². The Labute approximate surface area is 131 Å². The number of hydrogen-bond acceptors (Lipinski definition) is 4. The summed E-state index contributed by atoms with van der Waals surface area (Å²) in [5, 5.41) is 0. The van der Waals surface area contributed by atoms with Gasteiger partial charge in [-0.2, -0.15) is 13.2 Å². The number of methoxy groups -OCH3 is 1. The van der Waals surface area contributed by atoms with E-state index in [1.807, 2.05) is 30.3 Å². The minimum absolute atomic E-state index is 0.894. The molecule has 1 heterocycles. The molecule has 0 bridgehead atoms. The molecular formula is C14H14F3NO4S. The van der Waals surface area contributed by atoms with Crippen molar-refractivity contribution in [3.8, 4) is 5.75 Å². The zero-order valence-corrected chi connectivity index (χ0v) is 12.8. The third-order valence-electron chi connectivity index (χ3n) is 2.58. The quantitative estimate of drug-likeness (QED) is 0.483. The number of benzene rings is 1. The molecule has 0 spiro atoms. The Morgan fingerprint density at radius 3 is 1.96 bits per heavy atom. The van der Waals surface area contributed by atoms with E-state index < -0.39 is 15.6 Å². The summed E-state index contributed by atoms with van der Waals surface area (Å²) in [6, 6.07) is 14.2. The van der Waals surface area contributed by atoms with Crippen LogP contribution in [-0.2, 0) is 16.7 Å². The average Bonchev–Trinajstić information content (AvgIpc) is 2.48. The highest BCUT2D eigenvalue weighted by molar-refractivity contribution is 7.86. The molecule has 0 N–H and O–H groups in total. The Hall–Kier alpha value is -2.13. The van der Waals surface area contributed by atoms with Gasteiger partial charge in [0.05, 0.1) is 7.11 Å². The highest BCUT2D eigenvalue weighted by Gasteiger charge is 2.36. The summed E-state index contributed by atoms with van der Waals surface area (Å²) < 4.78 is 66.2. The maximum absolute atomic E-state index is 10.7. The molecule has 0 amide bonds. The molecule has 0 aliphatic rings. The van der Waals surface area contributed by atoms with Crippen molar-refractivity contribution in [2.75, 3.05) is 7.11 Å². The largest absolute Gasteiger partial charge is 0.741 e. The molecule has 0 unspecified atom stereocenters. The molecule has 2 aromatic rings. The van der Waals surface area contributed by atoms with Gasteiger partial charge in [-0.15, -0.1) is 0 Å². The predicted molar refractivity (Wildman–Crippen MR) is 74.5 cm³/mol. The van der Waals surface area contributed by atoms with Crippen molar-refractivity contribution in [1.29, 1.82) is 0 Å². The van der Waals surface area contributed by atoms with Gasteiger partial charge in [0, 0.05) is 17.7 Å². The molecule has 0 radical (unpaired) electrons. The van der Waals surface area contributed by atoms with E-state index in [1.165, 1.54) is 5.56 Å². The topological polar surface area (TPSA) is 70.3 Å². The number of aromatic nitrogens is 1. The van der Waals surface area contributed by atoms with Gasteiger partial charge < -0.3 is 9.29 Å². The van der Waals surface area contributed by atoms with Crippen molar-refractivity contribution in [1.82, 2.24) is 0 Å². The Kier molecular flexibility index (Phi) is 6.52. The van der Waals surface area contributed by atoms with Crippen LogP contribution in [0, 0.1) is 0 Å². The normalized spacial score (nSPS) is 11.3. The van der Waals surface area contributed by atoms with Gasteiger partial charge in [-0.3, -0.25) is 0 Å². The lowest BCUT2D eigenvalue weighted by atomic mass is 10.2. The number of nitrogens with zero attached hydrogens (tertiary/aromatic N) is 1. The Balaban J connectivity index is 0.000000284. The van der Waals surface area contributed by atoms with Crippen LogP contribution in [0.25, 0.3) is 0 Å². The van der Waals surface area contributed by atoms with Crippen LogP contribution in [0.2, 0.25) is 0 Å². The number of ether oxygens (including phenoxy) is 1. The van der Waals surface area contributed by atoms with Gasteiger partial charge >= 0.3 is 5.51 Å². The molecule has 2 rings (SSSR count). The van der Waals surface area contributed by atoms with E-state index in [1.54, 1.807) is 7.11 Å². The Morgan fingerprint density at radius 2 is 1.57 bits per heavy atom. The second-order valence-electron chi connectivity index (χ2n) is 4.30. The van der Waals surface area contributed by atoms with Crippen LogP contribution < -0.4 is 9.30 Å². The number of rotatable bonds is 3. The molecule has 0 atom stereocenters. The molecule has 5 nitrogen and oxygen atoms in total. The highest BCUT2D eigenvalue weighted by Crippen LogP contribution is 2.20. The molecule has 9 heteroatoms. The van der Waals surface area contributed by atoms with Gasteiger partial charge in [-0.25, -0.2) is 13.0 Å². The van der Waals surface area contributed by atoms with E-state index in [-0.39, 0.29) is 0 Å². The molecule has 0 saturated heterocycles. The molecule has 126 valence electrons. The van der Waals surface area contributed by atoms with Crippen molar-refractivity contribution < 1.29 is 35.4 Å². The fourth-order valence-electron chi connectivity index (χ4n) is 1.48. The second kappa shape index (κ2) is 7.93. The van der Waals surface area contributed by atoms with E-state index >= 15 is 0 Å². The van der Waals surface area contributed by atoms with E-state index in [9.17, 15) is 13.2 Å². The predicted octanol–water partition coefficient (Wildman–Crippen LogP) is 2.08. The highest BCUT2D eigenvalue weighted by atomic mass is 32.2. The third-order valence-corrected chi connectivity index (χ3v) is 3.15. The van der Waals surface area contributed by atoms with Crippen LogP contribution in [0.15, 0.2) is 54.9 Å². The number of pyridine rings is 1. The van der Waals surface area contributed by atoms with Crippen LogP contribution in [0.4, 0.5) is 13.2 Å². The minimum atomic E-state index is -6.09. The molecule has 1 aromatic carbocycles. The lowest BCUT2D eigenvalue weighted by Gasteiger charge is -2.08. The van der Waals surface area contributed by atoms with Gasteiger partial charge in [0.15, 0.2) is 29.1 Å². The van der Waals surface area contributed by atoms with Gasteiger partial charge in [-0.05, 0) is 24.3 Å². The van der Waals surface area contributed by atoms with Crippen LogP contribution in [0.3, 0.4) is 0 Å². The first-order valence-electron chi connectivity index (χ1n) is 6.22. The molecule has 0 aliphatic heterocycles. The van der Waals surface area contributed by atoms with Crippen molar-refractivity contribution in [3.05, 3.63) is 60.4 Å².